The summed E-state index contributed by atoms with van der Waals surface area (Å²) in [6.07, 6.45) is 4.73. The average Bonchev–Trinajstić information content (AvgIpc) is 3.11. The smallest absolute Gasteiger partial charge is 0.227 e. The van der Waals surface area contributed by atoms with Crippen LogP contribution in [0.15, 0.2) is 29.3 Å². The third-order valence-electron chi connectivity index (χ3n) is 2.74. The van der Waals surface area contributed by atoms with E-state index >= 15 is 0 Å². The van der Waals surface area contributed by atoms with Gasteiger partial charge in [0.2, 0.25) is 11.7 Å². The summed E-state index contributed by atoms with van der Waals surface area (Å²) in [5, 5.41) is 15.9. The molecule has 0 N–H and O–H groups in total. The van der Waals surface area contributed by atoms with E-state index in [2.05, 4.69) is 30.4 Å². The first-order valence-corrected chi connectivity index (χ1v) is 6.27. The minimum Gasteiger partial charge on any atom is -0.339 e. The Morgan fingerprint density at radius 2 is 2.20 bits per heavy atom. The molecule has 0 unspecified atom stereocenters. The summed E-state index contributed by atoms with van der Waals surface area (Å²) in [5.41, 5.74) is 1.46. The number of nitrogens with zero attached hydrogens (tertiary/aromatic N) is 7. The molecular formula is C12H13N7O. The Labute approximate surface area is 114 Å². The van der Waals surface area contributed by atoms with Gasteiger partial charge in [-0.3, -0.25) is 4.68 Å². The Bertz CT molecular complexity index is 659. The highest BCUT2D eigenvalue weighted by Crippen LogP contribution is 2.12. The van der Waals surface area contributed by atoms with Crippen LogP contribution < -0.4 is 0 Å². The van der Waals surface area contributed by atoms with Crippen LogP contribution in [-0.2, 0) is 13.0 Å². The average molecular weight is 271 g/mol. The molecule has 0 radical (unpaired) electrons. The second kappa shape index (κ2) is 5.55. The lowest BCUT2D eigenvalue weighted by Gasteiger charge is -1.96. The van der Waals surface area contributed by atoms with Crippen LogP contribution in [0.4, 0.5) is 0 Å². The summed E-state index contributed by atoms with van der Waals surface area (Å²) in [6, 6.07) is 3.69. The highest BCUT2D eigenvalue weighted by molar-refractivity contribution is 5.46. The number of aryl methyl sites for hydroxylation is 3. The summed E-state index contributed by atoms with van der Waals surface area (Å²) < 4.78 is 6.96. The first-order valence-electron chi connectivity index (χ1n) is 6.27. The number of aromatic nitrogens is 7. The van der Waals surface area contributed by atoms with E-state index in [4.69, 9.17) is 4.52 Å². The first-order chi connectivity index (χ1) is 9.81. The lowest BCUT2D eigenvalue weighted by Crippen LogP contribution is -2.00. The van der Waals surface area contributed by atoms with Crippen molar-refractivity contribution in [2.24, 2.45) is 0 Å². The lowest BCUT2D eigenvalue weighted by molar-refractivity contribution is 0.371. The predicted molar refractivity (Wildman–Crippen MR) is 68.4 cm³/mol. The van der Waals surface area contributed by atoms with E-state index < -0.39 is 0 Å². The van der Waals surface area contributed by atoms with Crippen molar-refractivity contribution in [3.05, 3.63) is 36.4 Å². The largest absolute Gasteiger partial charge is 0.339 e. The Hall–Kier alpha value is -2.64. The molecule has 0 bridgehead atoms. The molecule has 0 aromatic carbocycles. The minimum atomic E-state index is 0.466. The zero-order valence-corrected chi connectivity index (χ0v) is 11.0. The Morgan fingerprint density at radius 1 is 1.25 bits per heavy atom. The van der Waals surface area contributed by atoms with Crippen LogP contribution in [0, 0.1) is 6.92 Å². The van der Waals surface area contributed by atoms with E-state index in [0.717, 1.165) is 18.7 Å². The van der Waals surface area contributed by atoms with Gasteiger partial charge >= 0.3 is 0 Å². The van der Waals surface area contributed by atoms with Crippen LogP contribution in [-0.4, -0.2) is 35.1 Å². The molecule has 3 rings (SSSR count). The van der Waals surface area contributed by atoms with E-state index in [0.29, 0.717) is 23.8 Å². The standard InChI is InChI=1S/C12H13N7O/c1-9-4-5-10(17-16-9)12-15-11(20-18-12)3-2-6-19-8-13-7-14-19/h4-5,7-8H,2-3,6H2,1H3. The molecule has 3 heterocycles. The molecule has 0 aliphatic heterocycles. The number of rotatable bonds is 5. The minimum absolute atomic E-state index is 0.466. The third-order valence-corrected chi connectivity index (χ3v) is 2.74. The third kappa shape index (κ3) is 2.85. The highest BCUT2D eigenvalue weighted by atomic mass is 16.5. The molecule has 3 aromatic rings. The molecular weight excluding hydrogens is 258 g/mol. The lowest BCUT2D eigenvalue weighted by atomic mass is 10.3. The Balaban J connectivity index is 1.60. The SMILES string of the molecule is Cc1ccc(-c2noc(CCCn3cncn3)n2)nn1. The molecule has 0 fully saturated rings. The molecule has 0 atom stereocenters. The van der Waals surface area contributed by atoms with Crippen LogP contribution in [0.25, 0.3) is 11.5 Å². The van der Waals surface area contributed by atoms with E-state index in [1.165, 1.54) is 6.33 Å². The monoisotopic (exact) mass is 271 g/mol. The second-order valence-corrected chi connectivity index (χ2v) is 4.33. The van der Waals surface area contributed by atoms with Gasteiger partial charge < -0.3 is 4.52 Å². The molecule has 0 saturated carbocycles. The number of hydrogen-bond acceptors (Lipinski definition) is 7. The predicted octanol–water partition coefficient (Wildman–Crippen LogP) is 1.06. The maximum absolute atomic E-state index is 5.19. The van der Waals surface area contributed by atoms with Gasteiger partial charge in [-0.25, -0.2) is 4.98 Å². The van der Waals surface area contributed by atoms with Crippen LogP contribution in [0.5, 0.6) is 0 Å². The summed E-state index contributed by atoms with van der Waals surface area (Å²) in [5.74, 6) is 1.05. The molecule has 0 spiro atoms. The van der Waals surface area contributed by atoms with E-state index in [1.807, 2.05) is 19.1 Å². The van der Waals surface area contributed by atoms with E-state index in [-0.39, 0.29) is 0 Å². The zero-order chi connectivity index (χ0) is 13.8. The second-order valence-electron chi connectivity index (χ2n) is 4.33. The summed E-state index contributed by atoms with van der Waals surface area (Å²) in [6.45, 7) is 2.64. The molecule has 0 aliphatic carbocycles. The number of hydrogen-bond donors (Lipinski definition) is 0. The highest BCUT2D eigenvalue weighted by Gasteiger charge is 2.10. The zero-order valence-electron chi connectivity index (χ0n) is 11.0. The fourth-order valence-corrected chi connectivity index (χ4v) is 1.72. The molecule has 102 valence electrons. The van der Waals surface area contributed by atoms with Gasteiger partial charge in [-0.2, -0.15) is 15.2 Å². The van der Waals surface area contributed by atoms with Gasteiger partial charge in [0.15, 0.2) is 0 Å². The van der Waals surface area contributed by atoms with Crippen LogP contribution in [0.3, 0.4) is 0 Å². The normalized spacial score (nSPS) is 10.8. The van der Waals surface area contributed by atoms with Crippen molar-refractivity contribution in [2.75, 3.05) is 0 Å². The molecule has 8 nitrogen and oxygen atoms in total. The van der Waals surface area contributed by atoms with Gasteiger partial charge in [-0.15, -0.1) is 5.10 Å². The van der Waals surface area contributed by atoms with Crippen LogP contribution >= 0.6 is 0 Å². The van der Waals surface area contributed by atoms with Gasteiger partial charge in [-0.05, 0) is 25.5 Å². The van der Waals surface area contributed by atoms with E-state index in [1.54, 1.807) is 11.0 Å². The van der Waals surface area contributed by atoms with Gasteiger partial charge in [0.25, 0.3) is 0 Å². The maximum Gasteiger partial charge on any atom is 0.227 e. The summed E-state index contributed by atoms with van der Waals surface area (Å²) >= 11 is 0. The molecule has 0 aliphatic rings. The Kier molecular flexibility index (Phi) is 3.44. The van der Waals surface area contributed by atoms with Crippen LogP contribution in [0.2, 0.25) is 0 Å². The quantitative estimate of drug-likeness (QED) is 0.684. The summed E-state index contributed by atoms with van der Waals surface area (Å²) in [4.78, 5) is 8.19. The molecule has 0 saturated heterocycles. The maximum atomic E-state index is 5.19. The van der Waals surface area contributed by atoms with Gasteiger partial charge in [0, 0.05) is 13.0 Å². The Morgan fingerprint density at radius 3 is 2.95 bits per heavy atom. The summed E-state index contributed by atoms with van der Waals surface area (Å²) in [7, 11) is 0. The van der Waals surface area contributed by atoms with Gasteiger partial charge in [0.05, 0.1) is 5.69 Å². The van der Waals surface area contributed by atoms with Crippen molar-refractivity contribution in [2.45, 2.75) is 26.3 Å². The van der Waals surface area contributed by atoms with Crippen molar-refractivity contribution in [1.82, 2.24) is 35.1 Å². The van der Waals surface area contributed by atoms with E-state index in [9.17, 15) is 0 Å². The molecule has 20 heavy (non-hydrogen) atoms. The molecule has 0 amide bonds. The first kappa shape index (κ1) is 12.4. The fraction of sp³-hybridized carbons (Fsp3) is 0.333. The van der Waals surface area contributed by atoms with Crippen molar-refractivity contribution in [3.8, 4) is 11.5 Å². The van der Waals surface area contributed by atoms with Gasteiger partial charge in [-0.1, -0.05) is 5.16 Å². The molecule has 3 aromatic heterocycles. The van der Waals surface area contributed by atoms with Crippen molar-refractivity contribution < 1.29 is 4.52 Å². The topological polar surface area (TPSA) is 95.4 Å². The fourth-order valence-electron chi connectivity index (χ4n) is 1.72. The van der Waals surface area contributed by atoms with Crippen molar-refractivity contribution >= 4 is 0 Å². The van der Waals surface area contributed by atoms with Crippen molar-refractivity contribution in [3.63, 3.8) is 0 Å². The molecule has 8 heteroatoms. The van der Waals surface area contributed by atoms with Gasteiger partial charge in [0.1, 0.15) is 18.3 Å². The van der Waals surface area contributed by atoms with Crippen LogP contribution in [0.1, 0.15) is 18.0 Å². The van der Waals surface area contributed by atoms with Crippen molar-refractivity contribution in [1.29, 1.82) is 0 Å².